The van der Waals surface area contributed by atoms with Gasteiger partial charge in [0.05, 0.1) is 21.5 Å². The predicted molar refractivity (Wildman–Crippen MR) is 103 cm³/mol. The van der Waals surface area contributed by atoms with Gasteiger partial charge in [-0.2, -0.15) is 9.78 Å². The molecule has 0 spiro atoms. The highest BCUT2D eigenvalue weighted by molar-refractivity contribution is 7.20. The smallest absolute Gasteiger partial charge is 0.259 e. The highest BCUT2D eigenvalue weighted by Gasteiger charge is 2.26. The lowest BCUT2D eigenvalue weighted by Crippen LogP contribution is -2.17. The van der Waals surface area contributed by atoms with Gasteiger partial charge < -0.3 is 5.32 Å². The van der Waals surface area contributed by atoms with E-state index in [-0.39, 0.29) is 5.56 Å². The summed E-state index contributed by atoms with van der Waals surface area (Å²) < 4.78 is 16.8. The molecule has 1 aliphatic carbocycles. The van der Waals surface area contributed by atoms with Crippen molar-refractivity contribution in [3.05, 3.63) is 71.2 Å². The van der Waals surface area contributed by atoms with Crippen molar-refractivity contribution in [3.63, 3.8) is 0 Å². The molecule has 2 heterocycles. The fourth-order valence-corrected chi connectivity index (χ4v) is 4.35. The Hall–Kier alpha value is -3.06. The second-order valence-electron chi connectivity index (χ2n) is 6.44. The summed E-state index contributed by atoms with van der Waals surface area (Å²) in [5.41, 5.74) is 2.89. The van der Waals surface area contributed by atoms with Crippen molar-refractivity contribution >= 4 is 33.3 Å². The summed E-state index contributed by atoms with van der Waals surface area (Å²) in [4.78, 5) is 17.3. The van der Waals surface area contributed by atoms with Crippen molar-refractivity contribution in [1.82, 2.24) is 14.8 Å². The Morgan fingerprint density at radius 1 is 1.11 bits per heavy atom. The Bertz CT molecular complexity index is 1150. The maximum Gasteiger partial charge on any atom is 0.259 e. The number of aromatic nitrogens is 3. The molecule has 27 heavy (non-hydrogen) atoms. The van der Waals surface area contributed by atoms with Crippen molar-refractivity contribution < 1.29 is 9.18 Å². The first-order chi connectivity index (χ1) is 13.2. The molecule has 0 bridgehead atoms. The van der Waals surface area contributed by atoms with Crippen molar-refractivity contribution in [2.45, 2.75) is 19.3 Å². The van der Waals surface area contributed by atoms with Crippen LogP contribution in [0.1, 0.15) is 28.0 Å². The Morgan fingerprint density at radius 3 is 2.78 bits per heavy atom. The van der Waals surface area contributed by atoms with Crippen molar-refractivity contribution in [1.29, 1.82) is 0 Å². The van der Waals surface area contributed by atoms with Gasteiger partial charge >= 0.3 is 0 Å². The van der Waals surface area contributed by atoms with Gasteiger partial charge in [-0.05, 0) is 43.5 Å². The van der Waals surface area contributed by atoms with E-state index in [0.29, 0.717) is 10.9 Å². The zero-order valence-corrected chi connectivity index (χ0v) is 15.1. The molecule has 7 heteroatoms. The van der Waals surface area contributed by atoms with Gasteiger partial charge in [-0.15, -0.1) is 0 Å². The van der Waals surface area contributed by atoms with E-state index in [0.717, 1.165) is 40.7 Å². The summed E-state index contributed by atoms with van der Waals surface area (Å²) in [6.45, 7) is 0. The number of carbonyl (C=O) groups is 1. The number of benzene rings is 2. The molecule has 0 saturated carbocycles. The molecule has 5 rings (SSSR count). The molecule has 1 amide bonds. The maximum atomic E-state index is 14.0. The molecule has 2 aromatic carbocycles. The van der Waals surface area contributed by atoms with Crippen LogP contribution >= 0.6 is 11.3 Å². The van der Waals surface area contributed by atoms with Crippen LogP contribution in [-0.2, 0) is 12.8 Å². The molecule has 5 nitrogen and oxygen atoms in total. The van der Waals surface area contributed by atoms with E-state index in [1.807, 2.05) is 24.3 Å². The number of amides is 1. The van der Waals surface area contributed by atoms with E-state index >= 15 is 0 Å². The number of anilines is 1. The molecule has 2 aromatic heterocycles. The molecule has 4 aromatic rings. The topological polar surface area (TPSA) is 59.8 Å². The molecular weight excluding hydrogens is 363 g/mol. The Morgan fingerprint density at radius 2 is 1.93 bits per heavy atom. The monoisotopic (exact) mass is 378 g/mol. The van der Waals surface area contributed by atoms with Gasteiger partial charge in [0.2, 0.25) is 5.13 Å². The second kappa shape index (κ2) is 6.28. The first-order valence-corrected chi connectivity index (χ1v) is 9.55. The lowest BCUT2D eigenvalue weighted by molar-refractivity contribution is 0.102. The summed E-state index contributed by atoms with van der Waals surface area (Å²) in [6, 6.07) is 13.8. The lowest BCUT2D eigenvalue weighted by atomic mass is 10.2. The van der Waals surface area contributed by atoms with Crippen LogP contribution in [0.5, 0.6) is 0 Å². The van der Waals surface area contributed by atoms with Gasteiger partial charge in [-0.1, -0.05) is 35.6 Å². The Balaban J connectivity index is 1.59. The number of nitrogens with one attached hydrogen (secondary N) is 1. The van der Waals surface area contributed by atoms with Crippen LogP contribution in [-0.4, -0.2) is 20.7 Å². The SMILES string of the molecule is O=C(Nc1c2c(nn1-c1nc3ccccc3s1)CCC2)c1ccccc1F. The number of para-hydroxylation sites is 1. The Labute approximate surface area is 158 Å². The van der Waals surface area contributed by atoms with Crippen LogP contribution in [0, 0.1) is 5.82 Å². The van der Waals surface area contributed by atoms with Crippen molar-refractivity contribution in [2.75, 3.05) is 5.32 Å². The van der Waals surface area contributed by atoms with Gasteiger partial charge in [-0.3, -0.25) is 4.79 Å². The summed E-state index contributed by atoms with van der Waals surface area (Å²) in [5.74, 6) is -0.433. The Kier molecular flexibility index (Phi) is 3.75. The standard InChI is InChI=1S/C20H15FN4OS/c21-14-8-2-1-6-12(14)19(26)23-18-13-7-5-10-15(13)24-25(18)20-22-16-9-3-4-11-17(16)27-20/h1-4,6,8-9,11H,5,7,10H2,(H,23,26). The van der Waals surface area contributed by atoms with Crippen LogP contribution in [0.25, 0.3) is 15.3 Å². The number of carbonyl (C=O) groups excluding carboxylic acids is 1. The van der Waals surface area contributed by atoms with Gasteiger partial charge in [0.25, 0.3) is 5.91 Å². The summed E-state index contributed by atoms with van der Waals surface area (Å²) >= 11 is 1.51. The molecule has 0 unspecified atom stereocenters. The normalized spacial score (nSPS) is 13.1. The third kappa shape index (κ3) is 2.71. The molecule has 0 aliphatic heterocycles. The van der Waals surface area contributed by atoms with E-state index in [1.54, 1.807) is 16.8 Å². The summed E-state index contributed by atoms with van der Waals surface area (Å²) in [5, 5.41) is 8.25. The van der Waals surface area contributed by atoms with E-state index in [2.05, 4.69) is 15.4 Å². The van der Waals surface area contributed by atoms with Crippen molar-refractivity contribution in [2.24, 2.45) is 0 Å². The number of hydrogen-bond acceptors (Lipinski definition) is 4. The predicted octanol–water partition coefficient (Wildman–Crippen LogP) is 4.36. The minimum absolute atomic E-state index is 0.0151. The van der Waals surface area contributed by atoms with E-state index < -0.39 is 11.7 Å². The van der Waals surface area contributed by atoms with Crippen molar-refractivity contribution in [3.8, 4) is 5.13 Å². The van der Waals surface area contributed by atoms with Gasteiger partial charge in [0.15, 0.2) is 0 Å². The van der Waals surface area contributed by atoms with Crippen LogP contribution in [0.15, 0.2) is 48.5 Å². The molecule has 0 radical (unpaired) electrons. The number of nitrogens with zero attached hydrogens (tertiary/aromatic N) is 3. The molecule has 0 atom stereocenters. The first kappa shape index (κ1) is 16.1. The molecule has 1 N–H and O–H groups in total. The zero-order valence-electron chi connectivity index (χ0n) is 14.3. The van der Waals surface area contributed by atoms with Crippen LogP contribution in [0.2, 0.25) is 0 Å². The van der Waals surface area contributed by atoms with E-state index in [9.17, 15) is 9.18 Å². The number of rotatable bonds is 3. The summed E-state index contributed by atoms with van der Waals surface area (Å²) in [6.07, 6.45) is 2.71. The quantitative estimate of drug-likeness (QED) is 0.576. The molecule has 1 aliphatic rings. The minimum Gasteiger partial charge on any atom is -0.306 e. The number of aryl methyl sites for hydroxylation is 1. The molecular formula is C20H15FN4OS. The highest BCUT2D eigenvalue weighted by atomic mass is 32.1. The first-order valence-electron chi connectivity index (χ1n) is 8.73. The van der Waals surface area contributed by atoms with E-state index in [4.69, 9.17) is 0 Å². The highest BCUT2D eigenvalue weighted by Crippen LogP contribution is 2.34. The number of halogens is 1. The van der Waals surface area contributed by atoms with Crippen LogP contribution in [0.3, 0.4) is 0 Å². The van der Waals surface area contributed by atoms with Gasteiger partial charge in [-0.25, -0.2) is 9.37 Å². The third-order valence-corrected chi connectivity index (χ3v) is 5.73. The molecule has 134 valence electrons. The zero-order chi connectivity index (χ0) is 18.4. The van der Waals surface area contributed by atoms with Crippen LogP contribution in [0.4, 0.5) is 10.2 Å². The number of hydrogen-bond donors (Lipinski definition) is 1. The average molecular weight is 378 g/mol. The number of thiazole rings is 1. The fourth-order valence-electron chi connectivity index (χ4n) is 3.43. The number of fused-ring (bicyclic) bond motifs is 2. The minimum atomic E-state index is -0.544. The third-order valence-electron chi connectivity index (χ3n) is 4.72. The fraction of sp³-hybridized carbons (Fsp3) is 0.150. The van der Waals surface area contributed by atoms with Crippen LogP contribution < -0.4 is 5.32 Å². The molecule has 0 saturated heterocycles. The van der Waals surface area contributed by atoms with Gasteiger partial charge in [0.1, 0.15) is 11.6 Å². The maximum absolute atomic E-state index is 14.0. The molecule has 0 fully saturated rings. The van der Waals surface area contributed by atoms with E-state index in [1.165, 1.54) is 23.5 Å². The largest absolute Gasteiger partial charge is 0.306 e. The average Bonchev–Trinajstić information content (AvgIpc) is 3.36. The van der Waals surface area contributed by atoms with Gasteiger partial charge in [0, 0.05) is 5.56 Å². The second-order valence-corrected chi connectivity index (χ2v) is 7.45. The summed E-state index contributed by atoms with van der Waals surface area (Å²) in [7, 11) is 0. The lowest BCUT2D eigenvalue weighted by Gasteiger charge is -2.09.